The van der Waals surface area contributed by atoms with Crippen LogP contribution in [-0.4, -0.2) is 58.5 Å². The smallest absolute Gasteiger partial charge is 0.238 e. The van der Waals surface area contributed by atoms with Crippen LogP contribution in [0.1, 0.15) is 12.0 Å². The molecule has 1 aliphatic rings. The maximum Gasteiger partial charge on any atom is 0.238 e. The van der Waals surface area contributed by atoms with E-state index < -0.39 is 10.0 Å². The molecule has 8 nitrogen and oxygen atoms in total. The number of primary sulfonamides is 1. The summed E-state index contributed by atoms with van der Waals surface area (Å²) in [5, 5.41) is 7.81. The Morgan fingerprint density at radius 3 is 2.64 bits per heavy atom. The first-order valence-corrected chi connectivity index (χ1v) is 9.52. The van der Waals surface area contributed by atoms with Crippen molar-refractivity contribution in [2.75, 3.05) is 33.4 Å². The van der Waals surface area contributed by atoms with Gasteiger partial charge in [0, 0.05) is 33.2 Å². The van der Waals surface area contributed by atoms with Crippen LogP contribution < -0.4 is 10.5 Å². The zero-order valence-corrected chi connectivity index (χ0v) is 14.9. The predicted octanol–water partition coefficient (Wildman–Crippen LogP) is -0.512. The molecule has 1 aromatic carbocycles. The van der Waals surface area contributed by atoms with Gasteiger partial charge in [0.05, 0.1) is 17.4 Å². The zero-order valence-electron chi connectivity index (χ0n) is 14.1. The van der Waals surface area contributed by atoms with Crippen LogP contribution >= 0.6 is 0 Å². The second-order valence-electron chi connectivity index (χ2n) is 5.96. The highest BCUT2D eigenvalue weighted by molar-refractivity contribution is 7.89. The van der Waals surface area contributed by atoms with Crippen LogP contribution in [0.4, 0.5) is 0 Å². The Labute approximate surface area is 147 Å². The van der Waals surface area contributed by atoms with Crippen molar-refractivity contribution >= 4 is 21.8 Å². The van der Waals surface area contributed by atoms with E-state index in [9.17, 15) is 18.0 Å². The van der Waals surface area contributed by atoms with Crippen molar-refractivity contribution in [1.82, 2.24) is 10.2 Å². The van der Waals surface area contributed by atoms with Crippen LogP contribution in [0.2, 0.25) is 0 Å². The third kappa shape index (κ3) is 5.52. The van der Waals surface area contributed by atoms with Gasteiger partial charge in [-0.25, -0.2) is 13.6 Å². The summed E-state index contributed by atoms with van der Waals surface area (Å²) >= 11 is 0. The second kappa shape index (κ2) is 8.41. The van der Waals surface area contributed by atoms with Crippen molar-refractivity contribution in [1.29, 1.82) is 0 Å². The van der Waals surface area contributed by atoms with E-state index in [1.54, 1.807) is 24.1 Å². The molecule has 1 fully saturated rings. The van der Waals surface area contributed by atoms with Gasteiger partial charge in [0.1, 0.15) is 0 Å². The van der Waals surface area contributed by atoms with Crippen LogP contribution in [0.5, 0.6) is 0 Å². The number of benzene rings is 1. The lowest BCUT2D eigenvalue weighted by molar-refractivity contribution is -0.129. The fourth-order valence-electron chi connectivity index (χ4n) is 2.69. The van der Waals surface area contributed by atoms with E-state index >= 15 is 0 Å². The molecule has 2 amide bonds. The molecule has 25 heavy (non-hydrogen) atoms. The minimum Gasteiger partial charge on any atom is -0.383 e. The van der Waals surface area contributed by atoms with Crippen molar-refractivity contribution in [3.05, 3.63) is 29.8 Å². The third-order valence-electron chi connectivity index (χ3n) is 4.11. The van der Waals surface area contributed by atoms with Crippen LogP contribution in [0.3, 0.4) is 0 Å². The Balaban J connectivity index is 1.85. The van der Waals surface area contributed by atoms with E-state index in [1.807, 2.05) is 0 Å². The van der Waals surface area contributed by atoms with Gasteiger partial charge in [0.25, 0.3) is 0 Å². The number of amides is 2. The summed E-state index contributed by atoms with van der Waals surface area (Å²) in [6.07, 6.45) is 0.790. The molecule has 1 aromatic rings. The van der Waals surface area contributed by atoms with Crippen LogP contribution in [0.25, 0.3) is 0 Å². The summed E-state index contributed by atoms with van der Waals surface area (Å²) in [7, 11) is -2.15. The zero-order chi connectivity index (χ0) is 18.4. The molecule has 3 N–H and O–H groups in total. The van der Waals surface area contributed by atoms with Crippen molar-refractivity contribution in [3.8, 4) is 0 Å². The lowest BCUT2D eigenvalue weighted by atomic mass is 10.1. The fraction of sp³-hybridized carbons (Fsp3) is 0.500. The first kappa shape index (κ1) is 19.4. The lowest BCUT2D eigenvalue weighted by Crippen LogP contribution is -2.35. The molecular formula is C16H23N3O5S. The van der Waals surface area contributed by atoms with Gasteiger partial charge in [-0.05, 0) is 24.1 Å². The summed E-state index contributed by atoms with van der Waals surface area (Å²) in [5.74, 6) is -0.521. The fourth-order valence-corrected chi connectivity index (χ4v) is 3.21. The molecule has 1 atom stereocenters. The third-order valence-corrected chi connectivity index (χ3v) is 5.04. The van der Waals surface area contributed by atoms with Gasteiger partial charge in [-0.15, -0.1) is 0 Å². The average molecular weight is 369 g/mol. The molecule has 138 valence electrons. The minimum absolute atomic E-state index is 0.0481. The normalized spacial score (nSPS) is 17.8. The summed E-state index contributed by atoms with van der Waals surface area (Å²) in [6.45, 7) is 1.74. The van der Waals surface area contributed by atoms with E-state index in [-0.39, 0.29) is 29.0 Å². The molecule has 9 heteroatoms. The second-order valence-corrected chi connectivity index (χ2v) is 7.53. The number of nitrogens with one attached hydrogen (secondary N) is 1. The van der Waals surface area contributed by atoms with Crippen LogP contribution in [0.15, 0.2) is 29.2 Å². The molecule has 0 saturated carbocycles. The van der Waals surface area contributed by atoms with E-state index in [1.165, 1.54) is 12.1 Å². The van der Waals surface area contributed by atoms with Gasteiger partial charge in [0.15, 0.2) is 0 Å². The molecule has 1 aliphatic heterocycles. The van der Waals surface area contributed by atoms with Crippen molar-refractivity contribution in [2.24, 2.45) is 11.1 Å². The number of carbonyl (C=O) groups excluding carboxylic acids is 2. The molecule has 1 saturated heterocycles. The maximum atomic E-state index is 12.1. The number of hydrogen-bond donors (Lipinski definition) is 2. The Kier molecular flexibility index (Phi) is 6.51. The summed E-state index contributed by atoms with van der Waals surface area (Å²) < 4.78 is 27.3. The highest BCUT2D eigenvalue weighted by atomic mass is 32.2. The monoisotopic (exact) mass is 369 g/mol. The van der Waals surface area contributed by atoms with Gasteiger partial charge >= 0.3 is 0 Å². The Hall–Kier alpha value is -1.97. The minimum atomic E-state index is -3.70. The van der Waals surface area contributed by atoms with Gasteiger partial charge in [0.2, 0.25) is 21.8 Å². The molecule has 0 radical (unpaired) electrons. The van der Waals surface area contributed by atoms with Crippen molar-refractivity contribution < 1.29 is 22.7 Å². The average Bonchev–Trinajstić information content (AvgIpc) is 2.94. The number of ether oxygens (including phenoxy) is 1. The number of nitrogens with two attached hydrogens (primary N) is 1. The summed E-state index contributed by atoms with van der Waals surface area (Å²) in [6, 6.07) is 6.25. The number of nitrogens with zero attached hydrogens (tertiary/aromatic N) is 1. The summed E-state index contributed by atoms with van der Waals surface area (Å²) in [5.41, 5.74) is 0.896. The summed E-state index contributed by atoms with van der Waals surface area (Å²) in [4.78, 5) is 25.8. The lowest BCUT2D eigenvalue weighted by Gasteiger charge is -2.16. The Morgan fingerprint density at radius 2 is 2.04 bits per heavy atom. The molecule has 0 aromatic heterocycles. The number of carbonyl (C=O) groups is 2. The molecule has 0 spiro atoms. The van der Waals surface area contributed by atoms with Crippen LogP contribution in [0, 0.1) is 5.92 Å². The maximum absolute atomic E-state index is 12.1. The largest absolute Gasteiger partial charge is 0.383 e. The highest BCUT2D eigenvalue weighted by Crippen LogP contribution is 2.19. The first-order chi connectivity index (χ1) is 11.8. The van der Waals surface area contributed by atoms with Crippen molar-refractivity contribution in [2.45, 2.75) is 17.7 Å². The Morgan fingerprint density at radius 1 is 1.36 bits per heavy atom. The van der Waals surface area contributed by atoms with Gasteiger partial charge in [-0.1, -0.05) is 12.1 Å². The molecule has 0 aliphatic carbocycles. The molecular weight excluding hydrogens is 346 g/mol. The SMILES string of the molecule is COCCNC(=O)C1CC(=O)N(CCc2ccc(S(N)(=O)=O)cc2)C1. The molecule has 1 unspecified atom stereocenters. The van der Waals surface area contributed by atoms with E-state index in [0.717, 1.165) is 5.56 Å². The number of sulfonamides is 1. The standard InChI is InChI=1S/C16H23N3O5S/c1-24-9-7-18-16(21)13-10-15(20)19(11-13)8-6-12-2-4-14(5-3-12)25(17,22)23/h2-5,13H,6-11H2,1H3,(H,18,21)(H2,17,22,23). The first-order valence-electron chi connectivity index (χ1n) is 7.97. The van der Waals surface area contributed by atoms with Gasteiger partial charge < -0.3 is 15.0 Å². The van der Waals surface area contributed by atoms with E-state index in [2.05, 4.69) is 5.32 Å². The van der Waals surface area contributed by atoms with E-state index in [0.29, 0.717) is 32.7 Å². The van der Waals surface area contributed by atoms with E-state index in [4.69, 9.17) is 9.88 Å². The highest BCUT2D eigenvalue weighted by Gasteiger charge is 2.33. The molecule has 2 rings (SSSR count). The number of rotatable bonds is 8. The number of methoxy groups -OCH3 is 1. The number of likely N-dealkylation sites (tertiary alicyclic amines) is 1. The molecule has 0 bridgehead atoms. The van der Waals surface area contributed by atoms with Crippen molar-refractivity contribution in [3.63, 3.8) is 0 Å². The van der Waals surface area contributed by atoms with Gasteiger partial charge in [-0.3, -0.25) is 9.59 Å². The van der Waals surface area contributed by atoms with Crippen LogP contribution in [-0.2, 0) is 30.8 Å². The quantitative estimate of drug-likeness (QED) is 0.598. The number of hydrogen-bond acceptors (Lipinski definition) is 5. The molecule has 1 heterocycles. The Bertz CT molecular complexity index is 718. The predicted molar refractivity (Wildman–Crippen MR) is 91.1 cm³/mol. The van der Waals surface area contributed by atoms with Gasteiger partial charge in [-0.2, -0.15) is 0 Å². The topological polar surface area (TPSA) is 119 Å².